The van der Waals surface area contributed by atoms with Crippen LogP contribution in [0.1, 0.15) is 89.0 Å². The molecule has 0 rings (SSSR count). The lowest BCUT2D eigenvalue weighted by atomic mass is 9.85. The van der Waals surface area contributed by atoms with Gasteiger partial charge in [-0.15, -0.1) is 0 Å². The lowest BCUT2D eigenvalue weighted by molar-refractivity contribution is -0.0767. The van der Waals surface area contributed by atoms with Crippen LogP contribution in [0.2, 0.25) is 0 Å². The van der Waals surface area contributed by atoms with Crippen molar-refractivity contribution in [1.82, 2.24) is 0 Å². The molecule has 0 aliphatic carbocycles. The van der Waals surface area contributed by atoms with Crippen molar-refractivity contribution in [3.8, 4) is 0 Å². The Labute approximate surface area is 163 Å². The summed E-state index contributed by atoms with van der Waals surface area (Å²) in [6.07, 6.45) is 1.99. The van der Waals surface area contributed by atoms with E-state index in [0.717, 1.165) is 12.8 Å². The second-order valence-corrected chi connectivity index (χ2v) is 11.1. The van der Waals surface area contributed by atoms with Gasteiger partial charge in [0.15, 0.2) is 0 Å². The second-order valence-electron chi connectivity index (χ2n) is 11.1. The van der Waals surface area contributed by atoms with Gasteiger partial charge in [0.2, 0.25) is 0 Å². The number of ether oxygens (including phenoxy) is 2. The van der Waals surface area contributed by atoms with Crippen molar-refractivity contribution in [2.45, 2.75) is 111 Å². The van der Waals surface area contributed by atoms with E-state index in [1.165, 1.54) is 0 Å². The summed E-state index contributed by atoms with van der Waals surface area (Å²) in [6, 6.07) is 0. The maximum atomic E-state index is 6.21. The van der Waals surface area contributed by atoms with Crippen LogP contribution in [0, 0.1) is 17.8 Å². The zero-order chi connectivity index (χ0) is 21.0. The highest BCUT2D eigenvalue weighted by atomic mass is 16.5. The van der Waals surface area contributed by atoms with Gasteiger partial charge in [0, 0.05) is 11.1 Å². The van der Waals surface area contributed by atoms with Gasteiger partial charge in [-0.05, 0) is 86.0 Å². The van der Waals surface area contributed by atoms with E-state index in [9.17, 15) is 0 Å². The normalized spacial score (nSPS) is 17.9. The van der Waals surface area contributed by atoms with Crippen LogP contribution < -0.4 is 11.5 Å². The largest absolute Gasteiger partial charge is 0.375 e. The van der Waals surface area contributed by atoms with E-state index < -0.39 is 0 Å². The Balaban J connectivity index is 4.49. The number of nitrogens with two attached hydrogens (primary N) is 2. The molecule has 0 aliphatic rings. The molecule has 0 amide bonds. The monoisotopic (exact) mass is 372 g/mol. The molecule has 0 saturated carbocycles. The molecular weight excluding hydrogens is 324 g/mol. The molecule has 0 aromatic carbocycles. The smallest absolute Gasteiger partial charge is 0.0629 e. The van der Waals surface area contributed by atoms with Gasteiger partial charge in [0.05, 0.1) is 24.4 Å². The molecule has 0 aromatic heterocycles. The first-order valence-electron chi connectivity index (χ1n) is 10.2. The standard InChI is InChI=1S/C22H48N2O2/c1-16(12-19(4,5)25-14-17(2)21(8,9)23)13-20(6,7)26-15-18(3)22(10,11)24/h16-18H,12-15,23-24H2,1-11H3. The van der Waals surface area contributed by atoms with Gasteiger partial charge in [-0.1, -0.05) is 20.8 Å². The molecule has 0 heterocycles. The van der Waals surface area contributed by atoms with Gasteiger partial charge in [0.1, 0.15) is 0 Å². The maximum absolute atomic E-state index is 6.21. The number of hydrogen-bond donors (Lipinski definition) is 2. The minimum atomic E-state index is -0.217. The minimum Gasteiger partial charge on any atom is -0.375 e. The summed E-state index contributed by atoms with van der Waals surface area (Å²) in [4.78, 5) is 0. The first kappa shape index (κ1) is 25.8. The van der Waals surface area contributed by atoms with Crippen LogP contribution >= 0.6 is 0 Å². The summed E-state index contributed by atoms with van der Waals surface area (Å²) in [7, 11) is 0. The first-order valence-corrected chi connectivity index (χ1v) is 10.2. The third-order valence-corrected chi connectivity index (χ3v) is 5.67. The van der Waals surface area contributed by atoms with Crippen LogP contribution in [-0.4, -0.2) is 35.5 Å². The molecule has 4 N–H and O–H groups in total. The SMILES string of the molecule is CC(CC(C)(C)OCC(C)C(C)(C)N)CC(C)(C)OCC(C)C(C)(C)N. The number of rotatable bonds is 12. The molecule has 4 nitrogen and oxygen atoms in total. The van der Waals surface area contributed by atoms with Crippen LogP contribution in [0.25, 0.3) is 0 Å². The molecular formula is C22H48N2O2. The van der Waals surface area contributed by atoms with Crippen molar-refractivity contribution in [3.63, 3.8) is 0 Å². The average Bonchev–Trinajstić information content (AvgIpc) is 2.38. The van der Waals surface area contributed by atoms with Gasteiger partial charge in [-0.25, -0.2) is 0 Å². The van der Waals surface area contributed by atoms with Gasteiger partial charge in [-0.3, -0.25) is 0 Å². The highest BCUT2D eigenvalue weighted by Gasteiger charge is 2.30. The fraction of sp³-hybridized carbons (Fsp3) is 1.00. The molecule has 0 fully saturated rings. The number of hydrogen-bond acceptors (Lipinski definition) is 4. The van der Waals surface area contributed by atoms with E-state index in [0.29, 0.717) is 31.0 Å². The Bertz CT molecular complexity index is 367. The molecule has 0 saturated heterocycles. The van der Waals surface area contributed by atoms with E-state index in [-0.39, 0.29) is 22.3 Å². The Morgan fingerprint density at radius 1 is 0.615 bits per heavy atom. The molecule has 0 aliphatic heterocycles. The van der Waals surface area contributed by atoms with Crippen molar-refractivity contribution >= 4 is 0 Å². The van der Waals surface area contributed by atoms with Crippen LogP contribution in [-0.2, 0) is 9.47 Å². The molecule has 0 bridgehead atoms. The highest BCUT2D eigenvalue weighted by Crippen LogP contribution is 2.30. The second kappa shape index (κ2) is 9.36. The highest BCUT2D eigenvalue weighted by molar-refractivity contribution is 4.83. The van der Waals surface area contributed by atoms with Crippen LogP contribution in [0.5, 0.6) is 0 Å². The van der Waals surface area contributed by atoms with Gasteiger partial charge < -0.3 is 20.9 Å². The topological polar surface area (TPSA) is 70.5 Å². The van der Waals surface area contributed by atoms with E-state index in [4.69, 9.17) is 20.9 Å². The molecule has 158 valence electrons. The van der Waals surface area contributed by atoms with E-state index in [1.54, 1.807) is 0 Å². The summed E-state index contributed by atoms with van der Waals surface area (Å²) >= 11 is 0. The van der Waals surface area contributed by atoms with Gasteiger partial charge >= 0.3 is 0 Å². The minimum absolute atomic E-state index is 0.165. The molecule has 4 heteroatoms. The quantitative estimate of drug-likeness (QED) is 0.519. The van der Waals surface area contributed by atoms with E-state index in [2.05, 4.69) is 76.2 Å². The molecule has 2 atom stereocenters. The third-order valence-electron chi connectivity index (χ3n) is 5.67. The van der Waals surface area contributed by atoms with Gasteiger partial charge in [-0.2, -0.15) is 0 Å². The van der Waals surface area contributed by atoms with Crippen molar-refractivity contribution < 1.29 is 9.47 Å². The Kier molecular flexibility index (Phi) is 9.30. The summed E-state index contributed by atoms with van der Waals surface area (Å²) in [5.41, 5.74) is 11.6. The molecule has 2 unspecified atom stereocenters. The van der Waals surface area contributed by atoms with Crippen LogP contribution in [0.15, 0.2) is 0 Å². The van der Waals surface area contributed by atoms with E-state index in [1.807, 2.05) is 0 Å². The molecule has 0 radical (unpaired) electrons. The predicted molar refractivity (Wildman–Crippen MR) is 113 cm³/mol. The molecule has 0 aromatic rings. The van der Waals surface area contributed by atoms with Gasteiger partial charge in [0.25, 0.3) is 0 Å². The van der Waals surface area contributed by atoms with Crippen LogP contribution in [0.4, 0.5) is 0 Å². The zero-order valence-corrected chi connectivity index (χ0v) is 19.5. The Hall–Kier alpha value is -0.160. The van der Waals surface area contributed by atoms with Crippen molar-refractivity contribution in [3.05, 3.63) is 0 Å². The molecule has 0 spiro atoms. The summed E-state index contributed by atoms with van der Waals surface area (Å²) in [5, 5.41) is 0. The van der Waals surface area contributed by atoms with Crippen LogP contribution in [0.3, 0.4) is 0 Å². The van der Waals surface area contributed by atoms with E-state index >= 15 is 0 Å². The lowest BCUT2D eigenvalue weighted by Gasteiger charge is -2.36. The Morgan fingerprint density at radius 2 is 0.885 bits per heavy atom. The predicted octanol–water partition coefficient (Wildman–Crippen LogP) is 4.74. The Morgan fingerprint density at radius 3 is 1.12 bits per heavy atom. The average molecular weight is 373 g/mol. The summed E-state index contributed by atoms with van der Waals surface area (Å²) in [6.45, 7) is 24.9. The summed E-state index contributed by atoms with van der Waals surface area (Å²) < 4.78 is 12.4. The lowest BCUT2D eigenvalue weighted by Crippen LogP contribution is -2.44. The van der Waals surface area contributed by atoms with Crippen molar-refractivity contribution in [2.75, 3.05) is 13.2 Å². The van der Waals surface area contributed by atoms with Crippen molar-refractivity contribution in [2.24, 2.45) is 29.2 Å². The summed E-state index contributed by atoms with van der Waals surface area (Å²) in [5.74, 6) is 1.14. The fourth-order valence-corrected chi connectivity index (χ4v) is 3.00. The molecule has 26 heavy (non-hydrogen) atoms. The fourth-order valence-electron chi connectivity index (χ4n) is 3.00. The first-order chi connectivity index (χ1) is 11.4. The maximum Gasteiger partial charge on any atom is 0.0629 e. The van der Waals surface area contributed by atoms with Crippen molar-refractivity contribution in [1.29, 1.82) is 0 Å². The third kappa shape index (κ3) is 10.9. The zero-order valence-electron chi connectivity index (χ0n) is 19.5.